The molecular formula is C16H13Cl2F3N4O2. The van der Waals surface area contributed by atoms with Crippen molar-refractivity contribution in [2.45, 2.75) is 12.2 Å². The summed E-state index contributed by atoms with van der Waals surface area (Å²) in [5, 5.41) is -0.179. The number of hydrogen-bond acceptors (Lipinski definition) is 4. The van der Waals surface area contributed by atoms with Gasteiger partial charge in [0, 0.05) is 36.5 Å². The summed E-state index contributed by atoms with van der Waals surface area (Å²) in [7, 11) is 0. The fraction of sp³-hybridized carbons (Fsp3) is 0.250. The number of halogens is 5. The number of alkyl halides is 3. The summed E-state index contributed by atoms with van der Waals surface area (Å²) >= 11 is 6.20. The van der Waals surface area contributed by atoms with Gasteiger partial charge in [0.15, 0.2) is 11.3 Å². The van der Waals surface area contributed by atoms with Crippen LogP contribution in [0.25, 0.3) is 16.8 Å². The van der Waals surface area contributed by atoms with Crippen molar-refractivity contribution in [2.24, 2.45) is 5.73 Å². The molecule has 2 N–H and O–H groups in total. The van der Waals surface area contributed by atoms with Crippen LogP contribution in [0.15, 0.2) is 35.3 Å². The molecule has 4 rings (SSSR count). The molecule has 1 saturated heterocycles. The Morgan fingerprint density at radius 2 is 2.04 bits per heavy atom. The zero-order valence-corrected chi connectivity index (χ0v) is 15.1. The Morgan fingerprint density at radius 1 is 1.33 bits per heavy atom. The molecule has 0 saturated carbocycles. The van der Waals surface area contributed by atoms with Gasteiger partial charge in [-0.05, 0) is 12.1 Å². The summed E-state index contributed by atoms with van der Waals surface area (Å²) in [4.78, 5) is 17.7. The normalized spacial score (nSPS) is 14.9. The van der Waals surface area contributed by atoms with Gasteiger partial charge in [0.1, 0.15) is 5.15 Å². The fourth-order valence-corrected chi connectivity index (χ4v) is 3.13. The predicted molar refractivity (Wildman–Crippen MR) is 94.0 cm³/mol. The summed E-state index contributed by atoms with van der Waals surface area (Å²) in [6.07, 6.45) is -0.609. The molecule has 0 bridgehead atoms. The van der Waals surface area contributed by atoms with Crippen LogP contribution in [-0.2, 0) is 6.18 Å². The molecule has 3 aromatic heterocycles. The minimum atomic E-state index is -4.67. The topological polar surface area (TPSA) is 76.8 Å². The quantitative estimate of drug-likeness (QED) is 0.688. The number of nitrogens with two attached hydrogens (primary N) is 1. The maximum absolute atomic E-state index is 13.5. The van der Waals surface area contributed by atoms with Crippen molar-refractivity contribution >= 4 is 35.6 Å². The second-order valence-corrected chi connectivity index (χ2v) is 6.43. The maximum Gasteiger partial charge on any atom is 0.420 e. The van der Waals surface area contributed by atoms with Crippen molar-refractivity contribution in [2.75, 3.05) is 13.1 Å². The minimum absolute atomic E-state index is 0. The molecule has 0 unspecified atom stereocenters. The van der Waals surface area contributed by atoms with Crippen LogP contribution in [0.5, 0.6) is 0 Å². The first-order chi connectivity index (χ1) is 12.3. The zero-order chi connectivity index (χ0) is 18.6. The van der Waals surface area contributed by atoms with Crippen LogP contribution in [0.2, 0.25) is 5.15 Å². The summed E-state index contributed by atoms with van der Waals surface area (Å²) in [6, 6.07) is 2.34. The van der Waals surface area contributed by atoms with Gasteiger partial charge in [-0.15, -0.1) is 12.4 Å². The number of furan rings is 1. The van der Waals surface area contributed by atoms with Crippen molar-refractivity contribution in [3.63, 3.8) is 0 Å². The zero-order valence-electron chi connectivity index (χ0n) is 13.5. The number of fused-ring (bicyclic) bond motifs is 1. The highest BCUT2D eigenvalue weighted by Crippen LogP contribution is 2.37. The molecule has 0 atom stereocenters. The van der Waals surface area contributed by atoms with Crippen LogP contribution < -0.4 is 5.73 Å². The van der Waals surface area contributed by atoms with Gasteiger partial charge in [-0.25, -0.2) is 4.98 Å². The third kappa shape index (κ3) is 3.26. The van der Waals surface area contributed by atoms with Crippen molar-refractivity contribution in [1.82, 2.24) is 14.3 Å². The van der Waals surface area contributed by atoms with E-state index in [-0.39, 0.29) is 34.9 Å². The molecule has 0 spiro atoms. The van der Waals surface area contributed by atoms with Crippen LogP contribution in [0.4, 0.5) is 13.2 Å². The Kier molecular flexibility index (Phi) is 4.87. The van der Waals surface area contributed by atoms with Crippen molar-refractivity contribution in [3.8, 4) is 11.1 Å². The van der Waals surface area contributed by atoms with E-state index in [0.29, 0.717) is 18.7 Å². The van der Waals surface area contributed by atoms with E-state index in [9.17, 15) is 18.0 Å². The van der Waals surface area contributed by atoms with Gasteiger partial charge in [0.25, 0.3) is 5.91 Å². The van der Waals surface area contributed by atoms with E-state index < -0.39 is 23.3 Å². The second-order valence-electron chi connectivity index (χ2n) is 6.07. The number of carbonyl (C=O) groups is 1. The van der Waals surface area contributed by atoms with Gasteiger partial charge in [0.2, 0.25) is 0 Å². The smallest absolute Gasteiger partial charge is 0.420 e. The molecule has 1 amide bonds. The van der Waals surface area contributed by atoms with E-state index in [1.807, 2.05) is 0 Å². The van der Waals surface area contributed by atoms with Crippen LogP contribution in [0, 0.1) is 0 Å². The lowest BCUT2D eigenvalue weighted by atomic mass is 10.1. The molecule has 144 valence electrons. The van der Waals surface area contributed by atoms with Crippen LogP contribution in [-0.4, -0.2) is 39.3 Å². The summed E-state index contributed by atoms with van der Waals surface area (Å²) in [5.74, 6) is -0.543. The average Bonchev–Trinajstić information content (AvgIpc) is 3.18. The SMILES string of the molecule is Cl.NC1CN(C(=O)c2nc3c(C(F)(F)F)cc(-c4ccoc4)cn3c2Cl)C1. The largest absolute Gasteiger partial charge is 0.472 e. The molecule has 0 aliphatic carbocycles. The third-order valence-electron chi connectivity index (χ3n) is 4.22. The predicted octanol–water partition coefficient (Wildman–Crippen LogP) is 3.47. The Balaban J connectivity index is 0.00000210. The molecular weight excluding hydrogens is 408 g/mol. The Hall–Kier alpha value is -2.23. The molecule has 3 aromatic rings. The Labute approximate surface area is 162 Å². The van der Waals surface area contributed by atoms with E-state index in [0.717, 1.165) is 10.5 Å². The molecule has 1 fully saturated rings. The molecule has 6 nitrogen and oxygen atoms in total. The van der Waals surface area contributed by atoms with E-state index in [4.69, 9.17) is 21.8 Å². The highest BCUT2D eigenvalue weighted by Gasteiger charge is 2.37. The standard InChI is InChI=1S/C16H12ClF3N4O2.ClH/c17-13-12(15(25)23-5-10(21)6-23)22-14-11(16(18,19)20)3-9(4-24(13)14)8-1-2-26-7-8;/h1-4,7,10H,5-6,21H2;1H. The third-order valence-corrected chi connectivity index (χ3v) is 4.58. The first-order valence-electron chi connectivity index (χ1n) is 7.62. The van der Waals surface area contributed by atoms with E-state index >= 15 is 0 Å². The molecule has 11 heteroatoms. The first kappa shape index (κ1) is 19.5. The summed E-state index contributed by atoms with van der Waals surface area (Å²) < 4.78 is 46.6. The van der Waals surface area contributed by atoms with Crippen LogP contribution in [0.3, 0.4) is 0 Å². The maximum atomic E-state index is 13.5. The van der Waals surface area contributed by atoms with Gasteiger partial charge in [-0.3, -0.25) is 9.20 Å². The molecule has 27 heavy (non-hydrogen) atoms. The van der Waals surface area contributed by atoms with E-state index in [1.54, 1.807) is 0 Å². The number of amides is 1. The molecule has 0 radical (unpaired) electrons. The van der Waals surface area contributed by atoms with Gasteiger partial charge in [-0.1, -0.05) is 11.6 Å². The van der Waals surface area contributed by atoms with Gasteiger partial charge >= 0.3 is 6.18 Å². The summed E-state index contributed by atoms with van der Waals surface area (Å²) in [5.41, 5.74) is 4.69. The van der Waals surface area contributed by atoms with Gasteiger partial charge in [0.05, 0.1) is 18.1 Å². The number of imidazole rings is 1. The minimum Gasteiger partial charge on any atom is -0.472 e. The number of rotatable bonds is 2. The lowest BCUT2D eigenvalue weighted by molar-refractivity contribution is -0.136. The van der Waals surface area contributed by atoms with Crippen LogP contribution >= 0.6 is 24.0 Å². The molecule has 0 aromatic carbocycles. The van der Waals surface area contributed by atoms with Crippen molar-refractivity contribution in [1.29, 1.82) is 0 Å². The lowest BCUT2D eigenvalue weighted by Crippen LogP contribution is -2.57. The van der Waals surface area contributed by atoms with Crippen molar-refractivity contribution in [3.05, 3.63) is 47.3 Å². The number of carbonyl (C=O) groups excluding carboxylic acids is 1. The number of hydrogen-bond donors (Lipinski definition) is 1. The fourth-order valence-electron chi connectivity index (χ4n) is 2.88. The van der Waals surface area contributed by atoms with E-state index in [1.165, 1.54) is 29.7 Å². The Bertz CT molecular complexity index is 995. The number of nitrogens with zero attached hydrogens (tertiary/aromatic N) is 3. The Morgan fingerprint density at radius 3 is 2.59 bits per heavy atom. The average molecular weight is 421 g/mol. The summed E-state index contributed by atoms with van der Waals surface area (Å²) in [6.45, 7) is 0.630. The van der Waals surface area contributed by atoms with E-state index in [2.05, 4.69) is 4.98 Å². The lowest BCUT2D eigenvalue weighted by Gasteiger charge is -2.36. The highest BCUT2D eigenvalue weighted by atomic mass is 35.5. The molecule has 1 aliphatic heterocycles. The molecule has 4 heterocycles. The van der Waals surface area contributed by atoms with Gasteiger partial charge < -0.3 is 15.1 Å². The van der Waals surface area contributed by atoms with Crippen LogP contribution in [0.1, 0.15) is 16.1 Å². The monoisotopic (exact) mass is 420 g/mol. The highest BCUT2D eigenvalue weighted by molar-refractivity contribution is 6.33. The number of aromatic nitrogens is 2. The first-order valence-corrected chi connectivity index (χ1v) is 7.99. The van der Waals surface area contributed by atoms with Gasteiger partial charge in [-0.2, -0.15) is 13.2 Å². The molecule has 1 aliphatic rings. The second kappa shape index (κ2) is 6.74. The number of likely N-dealkylation sites (tertiary alicyclic amines) is 1. The number of pyridine rings is 1. The van der Waals surface area contributed by atoms with Crippen molar-refractivity contribution < 1.29 is 22.4 Å².